The van der Waals surface area contributed by atoms with Gasteiger partial charge in [-0.2, -0.15) is 0 Å². The Morgan fingerprint density at radius 2 is 1.95 bits per heavy atom. The number of aliphatic hydroxyl groups is 2. The Labute approximate surface area is 125 Å². The molecular weight excluding hydrogens is 270 g/mol. The number of nitrogens with one attached hydrogen (secondary N) is 1. The molecule has 118 valence electrons. The molecule has 0 aromatic heterocycles. The van der Waals surface area contributed by atoms with Crippen LogP contribution in [-0.4, -0.2) is 54.8 Å². The number of hydrogen-bond donors (Lipinski definition) is 3. The Morgan fingerprint density at radius 3 is 2.67 bits per heavy atom. The van der Waals surface area contributed by atoms with E-state index in [2.05, 4.69) is 5.32 Å². The van der Waals surface area contributed by atoms with E-state index in [0.29, 0.717) is 45.8 Å². The molecule has 1 fully saturated rings. The molecule has 2 rings (SSSR count). The second kappa shape index (κ2) is 8.46. The monoisotopic (exact) mass is 295 g/mol. The van der Waals surface area contributed by atoms with Gasteiger partial charge < -0.3 is 25.0 Å². The summed E-state index contributed by atoms with van der Waals surface area (Å²) in [6.45, 7) is 2.87. The van der Waals surface area contributed by atoms with E-state index < -0.39 is 11.7 Å². The Bertz CT molecular complexity index is 393. The predicted molar refractivity (Wildman–Crippen MR) is 80.0 cm³/mol. The third kappa shape index (κ3) is 6.11. The fourth-order valence-electron chi connectivity index (χ4n) is 2.35. The van der Waals surface area contributed by atoms with Crippen LogP contribution in [0.4, 0.5) is 0 Å². The number of aliphatic hydroxyl groups excluding tert-OH is 1. The van der Waals surface area contributed by atoms with Crippen LogP contribution in [0.1, 0.15) is 18.4 Å². The molecule has 1 unspecified atom stereocenters. The highest BCUT2D eigenvalue weighted by atomic mass is 16.5. The SMILES string of the molecule is OC(CNCC1(O)CCOCC1)COCc1ccccc1. The van der Waals surface area contributed by atoms with Crippen molar-refractivity contribution in [2.24, 2.45) is 0 Å². The zero-order chi connectivity index (χ0) is 15.0. The second-order valence-corrected chi connectivity index (χ2v) is 5.62. The van der Waals surface area contributed by atoms with E-state index in [4.69, 9.17) is 9.47 Å². The maximum Gasteiger partial charge on any atom is 0.0897 e. The van der Waals surface area contributed by atoms with E-state index in [1.165, 1.54) is 0 Å². The minimum absolute atomic E-state index is 0.281. The topological polar surface area (TPSA) is 71.0 Å². The van der Waals surface area contributed by atoms with Crippen molar-refractivity contribution in [3.63, 3.8) is 0 Å². The molecule has 1 aliphatic rings. The zero-order valence-corrected chi connectivity index (χ0v) is 12.3. The molecule has 5 nitrogen and oxygen atoms in total. The van der Waals surface area contributed by atoms with Gasteiger partial charge >= 0.3 is 0 Å². The highest BCUT2D eigenvalue weighted by molar-refractivity contribution is 5.13. The van der Waals surface area contributed by atoms with Crippen LogP contribution in [0.2, 0.25) is 0 Å². The molecular formula is C16H25NO4. The van der Waals surface area contributed by atoms with Crippen LogP contribution in [0.25, 0.3) is 0 Å². The lowest BCUT2D eigenvalue weighted by molar-refractivity contribution is -0.0632. The van der Waals surface area contributed by atoms with Crippen molar-refractivity contribution >= 4 is 0 Å². The van der Waals surface area contributed by atoms with Gasteiger partial charge in [0.15, 0.2) is 0 Å². The van der Waals surface area contributed by atoms with Crippen LogP contribution in [0.15, 0.2) is 30.3 Å². The molecule has 0 saturated carbocycles. The zero-order valence-electron chi connectivity index (χ0n) is 12.3. The van der Waals surface area contributed by atoms with Crippen molar-refractivity contribution in [1.29, 1.82) is 0 Å². The van der Waals surface area contributed by atoms with Gasteiger partial charge in [-0.15, -0.1) is 0 Å². The molecule has 0 aliphatic carbocycles. The summed E-state index contributed by atoms with van der Waals surface area (Å²) < 4.78 is 10.7. The predicted octanol–water partition coefficient (Wildman–Crippen LogP) is 0.695. The average molecular weight is 295 g/mol. The molecule has 1 heterocycles. The molecule has 0 amide bonds. The fourth-order valence-corrected chi connectivity index (χ4v) is 2.35. The molecule has 3 N–H and O–H groups in total. The van der Waals surface area contributed by atoms with Crippen molar-refractivity contribution in [2.75, 3.05) is 32.9 Å². The van der Waals surface area contributed by atoms with Crippen LogP contribution in [0.5, 0.6) is 0 Å². The maximum absolute atomic E-state index is 10.3. The van der Waals surface area contributed by atoms with E-state index in [9.17, 15) is 10.2 Å². The Balaban J connectivity index is 1.56. The first-order chi connectivity index (χ1) is 10.2. The third-order valence-electron chi connectivity index (χ3n) is 3.68. The molecule has 21 heavy (non-hydrogen) atoms. The van der Waals surface area contributed by atoms with Gasteiger partial charge in [0.25, 0.3) is 0 Å². The van der Waals surface area contributed by atoms with E-state index >= 15 is 0 Å². The maximum atomic E-state index is 10.3. The quantitative estimate of drug-likeness (QED) is 0.658. The first kappa shape index (κ1) is 16.4. The number of rotatable bonds is 8. The van der Waals surface area contributed by atoms with Gasteiger partial charge in [0.05, 0.1) is 24.9 Å². The summed E-state index contributed by atoms with van der Waals surface area (Å²) >= 11 is 0. The third-order valence-corrected chi connectivity index (χ3v) is 3.68. The summed E-state index contributed by atoms with van der Waals surface area (Å²) in [5, 5.41) is 23.2. The van der Waals surface area contributed by atoms with Crippen LogP contribution >= 0.6 is 0 Å². The van der Waals surface area contributed by atoms with Crippen LogP contribution in [0.3, 0.4) is 0 Å². The Hall–Kier alpha value is -0.980. The molecule has 0 bridgehead atoms. The number of benzene rings is 1. The molecule has 1 aromatic carbocycles. The Kier molecular flexibility index (Phi) is 6.60. The summed E-state index contributed by atoms with van der Waals surface area (Å²) in [6.07, 6.45) is 0.707. The summed E-state index contributed by atoms with van der Waals surface area (Å²) in [4.78, 5) is 0. The highest BCUT2D eigenvalue weighted by Crippen LogP contribution is 2.19. The summed E-state index contributed by atoms with van der Waals surface area (Å²) in [7, 11) is 0. The smallest absolute Gasteiger partial charge is 0.0897 e. The number of hydrogen-bond acceptors (Lipinski definition) is 5. The molecule has 1 aliphatic heterocycles. The lowest BCUT2D eigenvalue weighted by atomic mass is 9.94. The molecule has 5 heteroatoms. The largest absolute Gasteiger partial charge is 0.389 e. The van der Waals surface area contributed by atoms with E-state index in [-0.39, 0.29) is 6.61 Å². The first-order valence-electron chi connectivity index (χ1n) is 7.49. The highest BCUT2D eigenvalue weighted by Gasteiger charge is 2.29. The van der Waals surface area contributed by atoms with Crippen LogP contribution in [0, 0.1) is 0 Å². The lowest BCUT2D eigenvalue weighted by Gasteiger charge is -2.32. The first-order valence-corrected chi connectivity index (χ1v) is 7.49. The van der Waals surface area contributed by atoms with Crippen LogP contribution in [-0.2, 0) is 16.1 Å². The van der Waals surface area contributed by atoms with E-state index in [1.54, 1.807) is 0 Å². The van der Waals surface area contributed by atoms with Crippen molar-refractivity contribution in [2.45, 2.75) is 31.2 Å². The lowest BCUT2D eigenvalue weighted by Crippen LogP contribution is -2.47. The van der Waals surface area contributed by atoms with Gasteiger partial charge in [-0.1, -0.05) is 30.3 Å². The van der Waals surface area contributed by atoms with Gasteiger partial charge in [-0.25, -0.2) is 0 Å². The molecule has 1 saturated heterocycles. The van der Waals surface area contributed by atoms with Crippen molar-refractivity contribution in [3.8, 4) is 0 Å². The summed E-state index contributed by atoms with van der Waals surface area (Å²) in [5.74, 6) is 0. The van der Waals surface area contributed by atoms with Gasteiger partial charge in [0.1, 0.15) is 0 Å². The second-order valence-electron chi connectivity index (χ2n) is 5.62. The standard InChI is InChI=1S/C16H25NO4/c18-15(12-21-11-14-4-2-1-3-5-14)10-17-13-16(19)6-8-20-9-7-16/h1-5,15,17-19H,6-13H2. The van der Waals surface area contributed by atoms with Gasteiger partial charge in [-0.3, -0.25) is 0 Å². The number of ether oxygens (including phenoxy) is 2. The summed E-state index contributed by atoms with van der Waals surface area (Å²) in [5.41, 5.74) is 0.386. The Morgan fingerprint density at radius 1 is 1.24 bits per heavy atom. The normalized spacial score (nSPS) is 19.3. The molecule has 0 spiro atoms. The minimum Gasteiger partial charge on any atom is -0.389 e. The van der Waals surface area contributed by atoms with Crippen molar-refractivity contribution in [3.05, 3.63) is 35.9 Å². The summed E-state index contributed by atoms with van der Waals surface area (Å²) in [6, 6.07) is 9.87. The molecule has 1 atom stereocenters. The van der Waals surface area contributed by atoms with Crippen molar-refractivity contribution in [1.82, 2.24) is 5.32 Å². The minimum atomic E-state index is -0.705. The van der Waals surface area contributed by atoms with Gasteiger partial charge in [-0.05, 0) is 5.56 Å². The van der Waals surface area contributed by atoms with Crippen molar-refractivity contribution < 1.29 is 19.7 Å². The van der Waals surface area contributed by atoms with E-state index in [1.807, 2.05) is 30.3 Å². The van der Waals surface area contributed by atoms with Gasteiger partial charge in [0, 0.05) is 39.1 Å². The van der Waals surface area contributed by atoms with Gasteiger partial charge in [0.2, 0.25) is 0 Å². The van der Waals surface area contributed by atoms with E-state index in [0.717, 1.165) is 5.56 Å². The molecule has 0 radical (unpaired) electrons. The van der Waals surface area contributed by atoms with Crippen LogP contribution < -0.4 is 5.32 Å². The average Bonchev–Trinajstić information content (AvgIpc) is 2.49. The fraction of sp³-hybridized carbons (Fsp3) is 0.625. The molecule has 1 aromatic rings.